The number of imidazole rings is 1. The van der Waals surface area contributed by atoms with Gasteiger partial charge >= 0.3 is 29.6 Å². The van der Waals surface area contributed by atoms with Gasteiger partial charge in [-0.15, -0.1) is 0 Å². The van der Waals surface area contributed by atoms with Gasteiger partial charge in [-0.1, -0.05) is 0 Å². The Hall–Kier alpha value is -0.650. The van der Waals surface area contributed by atoms with Gasteiger partial charge in [0.15, 0.2) is 5.65 Å². The third-order valence-corrected chi connectivity index (χ3v) is 1.20. The molecule has 2 heterocycles. The van der Waals surface area contributed by atoms with E-state index in [4.69, 9.17) is 5.21 Å². The number of hydrogen-bond acceptors (Lipinski definition) is 4. The molecule has 2 rings (SSSR count). The summed E-state index contributed by atoms with van der Waals surface area (Å²) in [4.78, 5) is 11.3. The topological polar surface area (TPSA) is 63.8 Å². The summed E-state index contributed by atoms with van der Waals surface area (Å²) in [5.74, 6) is 0. The van der Waals surface area contributed by atoms with Crippen LogP contribution in [0.1, 0.15) is 0 Å². The van der Waals surface area contributed by atoms with Crippen molar-refractivity contribution in [2.24, 2.45) is 0 Å². The molecule has 2 aromatic heterocycles. The van der Waals surface area contributed by atoms with Crippen molar-refractivity contribution in [3.63, 3.8) is 0 Å². The minimum absolute atomic E-state index is 0. The summed E-state index contributed by atoms with van der Waals surface area (Å²) in [6.07, 6.45) is 4.17. The van der Waals surface area contributed by atoms with Crippen molar-refractivity contribution in [1.82, 2.24) is 19.7 Å². The molecule has 52 valence electrons. The van der Waals surface area contributed by atoms with Gasteiger partial charge in [0.1, 0.15) is 18.2 Å². The van der Waals surface area contributed by atoms with Crippen LogP contribution in [0.2, 0.25) is 0 Å². The van der Waals surface area contributed by atoms with Gasteiger partial charge in [-0.3, -0.25) is 0 Å². The van der Waals surface area contributed by atoms with E-state index < -0.39 is 0 Å². The van der Waals surface area contributed by atoms with E-state index in [-0.39, 0.29) is 29.6 Å². The van der Waals surface area contributed by atoms with Gasteiger partial charge in [-0.25, -0.2) is 15.0 Å². The van der Waals surface area contributed by atoms with Gasteiger partial charge in [-0.05, 0) is 0 Å². The zero-order valence-electron chi connectivity index (χ0n) is 4.97. The summed E-state index contributed by atoms with van der Waals surface area (Å²) in [5.41, 5.74) is 1.01. The Kier molecular flexibility index (Phi) is 2.43. The summed E-state index contributed by atoms with van der Waals surface area (Å²) in [7, 11) is 0. The average molecular weight is 160 g/mol. The Labute approximate surface area is 84.4 Å². The van der Waals surface area contributed by atoms with E-state index in [2.05, 4.69) is 15.0 Å². The van der Waals surface area contributed by atoms with Gasteiger partial charge in [0.25, 0.3) is 0 Å². The molecule has 0 atom stereocenters. The van der Waals surface area contributed by atoms with Crippen molar-refractivity contribution < 1.29 is 5.21 Å². The number of aromatic nitrogens is 4. The van der Waals surface area contributed by atoms with Crippen LogP contribution in [0.4, 0.5) is 0 Å². The fourth-order valence-corrected chi connectivity index (χ4v) is 0.755. The van der Waals surface area contributed by atoms with Crippen LogP contribution in [0.25, 0.3) is 11.2 Å². The van der Waals surface area contributed by atoms with Crippen molar-refractivity contribution in [1.29, 1.82) is 0 Å². The zero-order chi connectivity index (χ0) is 6.97. The molecule has 0 fully saturated rings. The second-order valence-corrected chi connectivity index (χ2v) is 1.82. The molecule has 2 aromatic rings. The second kappa shape index (κ2) is 3.17. The number of hydrogen-bond donors (Lipinski definition) is 1. The Bertz CT molecular complexity index is 360. The van der Waals surface area contributed by atoms with E-state index >= 15 is 0 Å². The van der Waals surface area contributed by atoms with Crippen LogP contribution in [0.15, 0.2) is 18.9 Å². The summed E-state index contributed by atoms with van der Waals surface area (Å²) in [6.45, 7) is 0. The molecular formula is C5H5N4NaO. The molecule has 0 radical (unpaired) electrons. The molecule has 11 heavy (non-hydrogen) atoms. The van der Waals surface area contributed by atoms with E-state index in [1.54, 1.807) is 0 Å². The van der Waals surface area contributed by atoms with E-state index in [0.717, 1.165) is 4.73 Å². The maximum atomic E-state index is 8.98. The van der Waals surface area contributed by atoms with Crippen molar-refractivity contribution in [3.8, 4) is 0 Å². The van der Waals surface area contributed by atoms with Gasteiger partial charge in [0, 0.05) is 0 Å². The first-order valence-electron chi connectivity index (χ1n) is 2.70. The molecule has 5 nitrogen and oxygen atoms in total. The first kappa shape index (κ1) is 8.45. The van der Waals surface area contributed by atoms with Crippen molar-refractivity contribution in [3.05, 3.63) is 18.9 Å². The van der Waals surface area contributed by atoms with Crippen LogP contribution < -0.4 is 0 Å². The van der Waals surface area contributed by atoms with Crippen LogP contribution in [-0.4, -0.2) is 54.4 Å². The van der Waals surface area contributed by atoms with Gasteiger partial charge in [0.2, 0.25) is 0 Å². The Morgan fingerprint density at radius 1 is 1.36 bits per heavy atom. The van der Waals surface area contributed by atoms with Crippen LogP contribution in [0, 0.1) is 0 Å². The van der Waals surface area contributed by atoms with Crippen LogP contribution in [0.3, 0.4) is 0 Å². The van der Waals surface area contributed by atoms with Crippen LogP contribution in [-0.2, 0) is 0 Å². The Balaban J connectivity index is 0.000000605. The normalized spacial score (nSPS) is 9.45. The van der Waals surface area contributed by atoms with Crippen molar-refractivity contribution in [2.75, 3.05) is 0 Å². The molecule has 6 heteroatoms. The first-order chi connectivity index (χ1) is 4.88. The second-order valence-electron chi connectivity index (χ2n) is 1.82. The monoisotopic (exact) mass is 160 g/mol. The van der Waals surface area contributed by atoms with Crippen LogP contribution in [0.5, 0.6) is 0 Å². The third kappa shape index (κ3) is 1.35. The summed E-state index contributed by atoms with van der Waals surface area (Å²) in [6, 6.07) is 0. The standard InChI is InChI=1S/C5H4N4O.Na.H/c10-9-3-8-4-1-6-2-7-5(4)9;;/h1-3,10H;;. The summed E-state index contributed by atoms with van der Waals surface area (Å²) < 4.78 is 0.858. The quantitative estimate of drug-likeness (QED) is 0.413. The van der Waals surface area contributed by atoms with E-state index in [0.29, 0.717) is 11.2 Å². The zero-order valence-corrected chi connectivity index (χ0v) is 4.97. The Morgan fingerprint density at radius 2 is 2.18 bits per heavy atom. The molecule has 0 aliphatic carbocycles. The molecule has 0 aromatic carbocycles. The number of rotatable bonds is 0. The molecule has 0 saturated carbocycles. The third-order valence-electron chi connectivity index (χ3n) is 1.20. The molecule has 0 amide bonds. The molecule has 0 unspecified atom stereocenters. The molecule has 0 saturated heterocycles. The average Bonchev–Trinajstić information content (AvgIpc) is 2.34. The summed E-state index contributed by atoms with van der Waals surface area (Å²) >= 11 is 0. The molecule has 0 aliphatic rings. The fraction of sp³-hybridized carbons (Fsp3) is 0. The van der Waals surface area contributed by atoms with E-state index in [1.807, 2.05) is 0 Å². The van der Waals surface area contributed by atoms with Crippen LogP contribution >= 0.6 is 0 Å². The van der Waals surface area contributed by atoms with Gasteiger partial charge in [-0.2, -0.15) is 4.73 Å². The fourth-order valence-electron chi connectivity index (χ4n) is 0.755. The molecular weight excluding hydrogens is 155 g/mol. The van der Waals surface area contributed by atoms with Gasteiger partial charge < -0.3 is 5.21 Å². The number of fused-ring (bicyclic) bond motifs is 1. The predicted molar refractivity (Wildman–Crippen MR) is 39.7 cm³/mol. The number of nitrogens with zero attached hydrogens (tertiary/aromatic N) is 4. The molecule has 1 N–H and O–H groups in total. The minimum atomic E-state index is 0. The first-order valence-corrected chi connectivity index (χ1v) is 2.70. The Morgan fingerprint density at radius 3 is 2.91 bits per heavy atom. The van der Waals surface area contributed by atoms with Crippen molar-refractivity contribution >= 4 is 40.7 Å². The maximum absolute atomic E-state index is 8.98. The predicted octanol–water partition coefficient (Wildman–Crippen LogP) is -0.585. The van der Waals surface area contributed by atoms with Crippen molar-refractivity contribution in [2.45, 2.75) is 0 Å². The molecule has 0 spiro atoms. The molecule has 0 aliphatic heterocycles. The van der Waals surface area contributed by atoms with E-state index in [9.17, 15) is 0 Å². The summed E-state index contributed by atoms with van der Waals surface area (Å²) in [5, 5.41) is 8.98. The molecule has 0 bridgehead atoms. The van der Waals surface area contributed by atoms with E-state index in [1.165, 1.54) is 18.9 Å². The SMILES string of the molecule is On1cnc2cncnc21.[NaH]. The van der Waals surface area contributed by atoms with Gasteiger partial charge in [0.05, 0.1) is 6.20 Å².